The molecule has 8 nitrogen and oxygen atoms in total. The Kier molecular flexibility index (Phi) is 6.47. The number of hydrogen-bond donors (Lipinski definition) is 2. The molecule has 0 aliphatic heterocycles. The summed E-state index contributed by atoms with van der Waals surface area (Å²) >= 11 is 1.30. The first-order chi connectivity index (χ1) is 12.0. The van der Waals surface area contributed by atoms with Crippen molar-refractivity contribution in [2.45, 2.75) is 13.3 Å². The molecule has 2 rings (SSSR count). The van der Waals surface area contributed by atoms with E-state index in [2.05, 4.69) is 15.5 Å². The van der Waals surface area contributed by atoms with Crippen LogP contribution in [-0.2, 0) is 16.0 Å². The standard InChI is InChI=1S/C16H17N3O5S/c1-3-24-14(20)7-12-9-25-16(18-12)19-17-8-10-4-11(15(21)22)6-13(5-10)23-2/h4-6,8-9H,3,7H2,1-2H3,(H,18,19)(H,21,22). The highest BCUT2D eigenvalue weighted by molar-refractivity contribution is 7.13. The predicted octanol–water partition coefficient (Wildman–Crippen LogP) is 2.40. The predicted molar refractivity (Wildman–Crippen MR) is 93.6 cm³/mol. The molecule has 25 heavy (non-hydrogen) atoms. The van der Waals surface area contributed by atoms with Gasteiger partial charge in [-0.05, 0) is 30.7 Å². The fourth-order valence-electron chi connectivity index (χ4n) is 1.90. The third kappa shape index (κ3) is 5.57. The number of anilines is 1. The number of methoxy groups -OCH3 is 1. The van der Waals surface area contributed by atoms with Crippen LogP contribution in [0.15, 0.2) is 28.7 Å². The molecular formula is C16H17N3O5S. The van der Waals surface area contributed by atoms with Crippen LogP contribution in [0.3, 0.4) is 0 Å². The van der Waals surface area contributed by atoms with Crippen LogP contribution in [0, 0.1) is 0 Å². The molecule has 0 atom stereocenters. The maximum atomic E-state index is 11.4. The van der Waals surface area contributed by atoms with E-state index in [1.54, 1.807) is 18.4 Å². The second kappa shape index (κ2) is 8.78. The van der Waals surface area contributed by atoms with Crippen molar-refractivity contribution in [3.8, 4) is 5.75 Å². The minimum Gasteiger partial charge on any atom is -0.497 e. The summed E-state index contributed by atoms with van der Waals surface area (Å²) in [5, 5.41) is 15.4. The quantitative estimate of drug-likeness (QED) is 0.421. The van der Waals surface area contributed by atoms with Gasteiger partial charge in [-0.25, -0.2) is 9.78 Å². The summed E-state index contributed by atoms with van der Waals surface area (Å²) in [5.41, 5.74) is 4.00. The molecule has 132 valence electrons. The van der Waals surface area contributed by atoms with Gasteiger partial charge in [0.1, 0.15) is 5.75 Å². The van der Waals surface area contributed by atoms with Gasteiger partial charge in [0.2, 0.25) is 5.13 Å². The van der Waals surface area contributed by atoms with E-state index in [0.717, 1.165) is 0 Å². The zero-order valence-corrected chi connectivity index (χ0v) is 14.5. The molecule has 0 aliphatic carbocycles. The molecule has 0 saturated carbocycles. The van der Waals surface area contributed by atoms with E-state index in [1.807, 2.05) is 0 Å². The Bertz CT molecular complexity index is 788. The number of carbonyl (C=O) groups is 2. The summed E-state index contributed by atoms with van der Waals surface area (Å²) in [5.74, 6) is -0.960. The number of esters is 1. The molecule has 2 aromatic rings. The lowest BCUT2D eigenvalue weighted by Gasteiger charge is -2.03. The Labute approximate surface area is 148 Å². The number of ether oxygens (including phenoxy) is 2. The van der Waals surface area contributed by atoms with Crippen LogP contribution in [0.25, 0.3) is 0 Å². The van der Waals surface area contributed by atoms with Crippen molar-refractivity contribution in [1.82, 2.24) is 4.98 Å². The number of benzene rings is 1. The molecule has 1 aromatic carbocycles. The normalized spacial score (nSPS) is 10.6. The zero-order valence-electron chi connectivity index (χ0n) is 13.7. The topological polar surface area (TPSA) is 110 Å². The highest BCUT2D eigenvalue weighted by Gasteiger charge is 2.08. The van der Waals surface area contributed by atoms with Gasteiger partial charge in [0.05, 0.1) is 37.6 Å². The van der Waals surface area contributed by atoms with Gasteiger partial charge in [0, 0.05) is 5.38 Å². The number of hydrogen-bond acceptors (Lipinski definition) is 8. The molecule has 0 radical (unpaired) electrons. The summed E-state index contributed by atoms with van der Waals surface area (Å²) in [4.78, 5) is 26.7. The van der Waals surface area contributed by atoms with E-state index in [9.17, 15) is 9.59 Å². The number of carbonyl (C=O) groups excluding carboxylic acids is 1. The highest BCUT2D eigenvalue weighted by Crippen LogP contribution is 2.18. The minimum absolute atomic E-state index is 0.103. The number of carboxylic acids is 1. The molecule has 0 saturated heterocycles. The van der Waals surface area contributed by atoms with Gasteiger partial charge in [-0.3, -0.25) is 10.2 Å². The Morgan fingerprint density at radius 2 is 2.20 bits per heavy atom. The first kappa shape index (κ1) is 18.4. The Morgan fingerprint density at radius 1 is 1.40 bits per heavy atom. The summed E-state index contributed by atoms with van der Waals surface area (Å²) in [6.45, 7) is 2.08. The summed E-state index contributed by atoms with van der Waals surface area (Å²) in [7, 11) is 1.46. The smallest absolute Gasteiger partial charge is 0.335 e. The fraction of sp³-hybridized carbons (Fsp3) is 0.250. The van der Waals surface area contributed by atoms with Crippen LogP contribution >= 0.6 is 11.3 Å². The number of hydrazone groups is 1. The minimum atomic E-state index is -1.05. The maximum Gasteiger partial charge on any atom is 0.335 e. The van der Waals surface area contributed by atoms with Gasteiger partial charge in [-0.15, -0.1) is 11.3 Å². The van der Waals surface area contributed by atoms with Crippen LogP contribution < -0.4 is 10.2 Å². The SMILES string of the molecule is CCOC(=O)Cc1csc(NN=Cc2cc(OC)cc(C(=O)O)c2)n1. The molecule has 1 heterocycles. The molecule has 0 unspecified atom stereocenters. The molecule has 0 spiro atoms. The monoisotopic (exact) mass is 363 g/mol. The van der Waals surface area contributed by atoms with E-state index in [1.165, 1.54) is 36.8 Å². The average Bonchev–Trinajstić information content (AvgIpc) is 3.01. The lowest BCUT2D eigenvalue weighted by atomic mass is 10.1. The van der Waals surface area contributed by atoms with Crippen molar-refractivity contribution in [1.29, 1.82) is 0 Å². The maximum absolute atomic E-state index is 11.4. The van der Waals surface area contributed by atoms with Crippen molar-refractivity contribution in [3.05, 3.63) is 40.4 Å². The Morgan fingerprint density at radius 3 is 2.88 bits per heavy atom. The van der Waals surface area contributed by atoms with Crippen molar-refractivity contribution in [2.75, 3.05) is 19.1 Å². The fourth-order valence-corrected chi connectivity index (χ4v) is 2.56. The third-order valence-electron chi connectivity index (χ3n) is 2.97. The number of rotatable bonds is 8. The van der Waals surface area contributed by atoms with Crippen LogP contribution in [0.2, 0.25) is 0 Å². The molecule has 0 amide bonds. The largest absolute Gasteiger partial charge is 0.497 e. The third-order valence-corrected chi connectivity index (χ3v) is 3.76. The zero-order chi connectivity index (χ0) is 18.2. The summed E-state index contributed by atoms with van der Waals surface area (Å²) in [6, 6.07) is 4.56. The summed E-state index contributed by atoms with van der Waals surface area (Å²) in [6.07, 6.45) is 1.56. The van der Waals surface area contributed by atoms with Crippen molar-refractivity contribution in [2.24, 2.45) is 5.10 Å². The Balaban J connectivity index is 2.01. The molecular weight excluding hydrogens is 346 g/mol. The highest BCUT2D eigenvalue weighted by atomic mass is 32.1. The van der Waals surface area contributed by atoms with Crippen molar-refractivity contribution < 1.29 is 24.2 Å². The molecule has 2 N–H and O–H groups in total. The molecule has 0 bridgehead atoms. The van der Waals surface area contributed by atoms with Crippen LogP contribution in [0.1, 0.15) is 28.5 Å². The Hall–Kier alpha value is -2.94. The van der Waals surface area contributed by atoms with Gasteiger partial charge >= 0.3 is 11.9 Å². The van der Waals surface area contributed by atoms with E-state index in [4.69, 9.17) is 14.6 Å². The van der Waals surface area contributed by atoms with Crippen molar-refractivity contribution in [3.63, 3.8) is 0 Å². The van der Waals surface area contributed by atoms with Gasteiger partial charge in [0.15, 0.2) is 0 Å². The van der Waals surface area contributed by atoms with E-state index in [-0.39, 0.29) is 18.0 Å². The number of aromatic carboxylic acids is 1. The van der Waals surface area contributed by atoms with Gasteiger partial charge in [0.25, 0.3) is 0 Å². The number of nitrogens with zero attached hydrogens (tertiary/aromatic N) is 2. The lowest BCUT2D eigenvalue weighted by molar-refractivity contribution is -0.142. The van der Waals surface area contributed by atoms with E-state index in [0.29, 0.717) is 28.7 Å². The first-order valence-corrected chi connectivity index (χ1v) is 8.21. The van der Waals surface area contributed by atoms with Crippen LogP contribution in [0.4, 0.5) is 5.13 Å². The number of thiazole rings is 1. The molecule has 9 heteroatoms. The average molecular weight is 363 g/mol. The second-order valence-corrected chi connectivity index (χ2v) is 5.65. The van der Waals surface area contributed by atoms with Crippen molar-refractivity contribution >= 4 is 34.6 Å². The number of aromatic nitrogens is 1. The van der Waals surface area contributed by atoms with Gasteiger partial charge in [-0.2, -0.15) is 5.10 Å². The van der Waals surface area contributed by atoms with E-state index >= 15 is 0 Å². The van der Waals surface area contributed by atoms with E-state index < -0.39 is 5.97 Å². The number of nitrogens with one attached hydrogen (secondary N) is 1. The van der Waals surface area contributed by atoms with Crippen LogP contribution in [0.5, 0.6) is 5.75 Å². The first-order valence-electron chi connectivity index (χ1n) is 7.33. The van der Waals surface area contributed by atoms with Gasteiger partial charge in [-0.1, -0.05) is 0 Å². The van der Waals surface area contributed by atoms with Gasteiger partial charge < -0.3 is 14.6 Å². The van der Waals surface area contributed by atoms with Crippen LogP contribution in [-0.4, -0.2) is 42.0 Å². The summed E-state index contributed by atoms with van der Waals surface area (Å²) < 4.78 is 9.93. The second-order valence-electron chi connectivity index (χ2n) is 4.80. The lowest BCUT2D eigenvalue weighted by Crippen LogP contribution is -2.07. The molecule has 0 aliphatic rings. The molecule has 0 fully saturated rings. The number of carboxylic acid groups (broad SMARTS) is 1. The molecule has 1 aromatic heterocycles.